The van der Waals surface area contributed by atoms with E-state index >= 15 is 0 Å². The third-order valence-corrected chi connectivity index (χ3v) is 3.57. The van der Waals surface area contributed by atoms with Crippen molar-refractivity contribution >= 4 is 5.69 Å². The van der Waals surface area contributed by atoms with Gasteiger partial charge in [-0.3, -0.25) is 4.98 Å². The molecule has 0 aromatic carbocycles. The van der Waals surface area contributed by atoms with E-state index in [0.29, 0.717) is 6.54 Å². The topological polar surface area (TPSA) is 42.2 Å². The van der Waals surface area contributed by atoms with Crippen molar-refractivity contribution < 1.29 is 0 Å². The standard InChI is InChI=1S/C13H21N3/c1-2-11-4-7-16(8-5-11)13-3-6-15-12(9-13)10-14/h3,6,9,11H,2,4-5,7-8,10,14H2,1H3. The average molecular weight is 219 g/mol. The molecule has 1 aromatic heterocycles. The number of anilines is 1. The summed E-state index contributed by atoms with van der Waals surface area (Å²) in [6, 6.07) is 4.21. The molecule has 2 heterocycles. The van der Waals surface area contributed by atoms with Crippen molar-refractivity contribution in [3.8, 4) is 0 Å². The van der Waals surface area contributed by atoms with E-state index in [2.05, 4.69) is 28.9 Å². The number of pyridine rings is 1. The van der Waals surface area contributed by atoms with Crippen LogP contribution < -0.4 is 10.6 Å². The minimum atomic E-state index is 0.527. The van der Waals surface area contributed by atoms with Gasteiger partial charge in [0, 0.05) is 31.5 Å². The fourth-order valence-corrected chi connectivity index (χ4v) is 2.37. The van der Waals surface area contributed by atoms with Crippen molar-refractivity contribution in [3.63, 3.8) is 0 Å². The summed E-state index contributed by atoms with van der Waals surface area (Å²) < 4.78 is 0. The maximum atomic E-state index is 5.61. The second kappa shape index (κ2) is 5.30. The molecule has 88 valence electrons. The molecule has 1 aliphatic rings. The molecule has 3 nitrogen and oxygen atoms in total. The lowest BCUT2D eigenvalue weighted by Crippen LogP contribution is -2.33. The Bertz CT molecular complexity index is 330. The van der Waals surface area contributed by atoms with Gasteiger partial charge in [-0.1, -0.05) is 13.3 Å². The van der Waals surface area contributed by atoms with Crippen molar-refractivity contribution in [2.24, 2.45) is 11.7 Å². The molecule has 16 heavy (non-hydrogen) atoms. The Morgan fingerprint density at radius 1 is 1.44 bits per heavy atom. The molecule has 0 bridgehead atoms. The summed E-state index contributed by atoms with van der Waals surface area (Å²) in [5.41, 5.74) is 7.87. The zero-order valence-corrected chi connectivity index (χ0v) is 10.0. The largest absolute Gasteiger partial charge is 0.371 e. The lowest BCUT2D eigenvalue weighted by molar-refractivity contribution is 0.395. The number of nitrogens with zero attached hydrogens (tertiary/aromatic N) is 2. The van der Waals surface area contributed by atoms with Gasteiger partial charge in [0.05, 0.1) is 5.69 Å². The highest BCUT2D eigenvalue weighted by Gasteiger charge is 2.17. The molecule has 2 N–H and O–H groups in total. The first-order valence-corrected chi connectivity index (χ1v) is 6.23. The van der Waals surface area contributed by atoms with Gasteiger partial charge < -0.3 is 10.6 Å². The molecular formula is C13H21N3. The molecule has 2 rings (SSSR count). The molecule has 1 aromatic rings. The van der Waals surface area contributed by atoms with Crippen molar-refractivity contribution in [3.05, 3.63) is 24.0 Å². The Labute approximate surface area is 97.7 Å². The molecule has 1 fully saturated rings. The zero-order valence-electron chi connectivity index (χ0n) is 10.0. The Hall–Kier alpha value is -1.09. The maximum Gasteiger partial charge on any atom is 0.0560 e. The smallest absolute Gasteiger partial charge is 0.0560 e. The molecule has 0 saturated carbocycles. The highest BCUT2D eigenvalue weighted by Crippen LogP contribution is 2.24. The zero-order chi connectivity index (χ0) is 11.4. The van der Waals surface area contributed by atoms with E-state index in [1.54, 1.807) is 0 Å². The number of piperidine rings is 1. The maximum absolute atomic E-state index is 5.61. The van der Waals surface area contributed by atoms with Crippen molar-refractivity contribution in [1.82, 2.24) is 4.98 Å². The molecule has 0 aliphatic carbocycles. The number of rotatable bonds is 3. The third kappa shape index (κ3) is 2.53. The fraction of sp³-hybridized carbons (Fsp3) is 0.615. The van der Waals surface area contributed by atoms with E-state index in [1.165, 1.54) is 38.0 Å². The monoisotopic (exact) mass is 219 g/mol. The average Bonchev–Trinajstić information content (AvgIpc) is 2.39. The van der Waals surface area contributed by atoms with Crippen LogP contribution in [0.5, 0.6) is 0 Å². The fourth-order valence-electron chi connectivity index (χ4n) is 2.37. The van der Waals surface area contributed by atoms with Gasteiger partial charge in [0.2, 0.25) is 0 Å². The van der Waals surface area contributed by atoms with Gasteiger partial charge in [-0.25, -0.2) is 0 Å². The Kier molecular flexibility index (Phi) is 3.78. The highest BCUT2D eigenvalue weighted by molar-refractivity contribution is 5.46. The molecule has 0 amide bonds. The van der Waals surface area contributed by atoms with Gasteiger partial charge in [-0.2, -0.15) is 0 Å². The van der Waals surface area contributed by atoms with E-state index < -0.39 is 0 Å². The second-order valence-electron chi connectivity index (χ2n) is 4.55. The first-order chi connectivity index (χ1) is 7.83. The summed E-state index contributed by atoms with van der Waals surface area (Å²) in [7, 11) is 0. The van der Waals surface area contributed by atoms with Crippen molar-refractivity contribution in [1.29, 1.82) is 0 Å². The molecule has 0 unspecified atom stereocenters. The molecule has 1 aliphatic heterocycles. The van der Waals surface area contributed by atoms with Gasteiger partial charge in [0.15, 0.2) is 0 Å². The highest BCUT2D eigenvalue weighted by atomic mass is 15.1. The van der Waals surface area contributed by atoms with Gasteiger partial charge in [0.25, 0.3) is 0 Å². The first-order valence-electron chi connectivity index (χ1n) is 6.23. The lowest BCUT2D eigenvalue weighted by Gasteiger charge is -2.33. The molecule has 0 atom stereocenters. The summed E-state index contributed by atoms with van der Waals surface area (Å²) in [5, 5.41) is 0. The molecular weight excluding hydrogens is 198 g/mol. The van der Waals surface area contributed by atoms with Crippen LogP contribution in [0.2, 0.25) is 0 Å². The first kappa shape index (κ1) is 11.4. The number of hydrogen-bond acceptors (Lipinski definition) is 3. The quantitative estimate of drug-likeness (QED) is 0.847. The summed E-state index contributed by atoms with van der Waals surface area (Å²) in [5.74, 6) is 0.923. The summed E-state index contributed by atoms with van der Waals surface area (Å²) in [6.07, 6.45) is 5.81. The van der Waals surface area contributed by atoms with Gasteiger partial charge in [-0.05, 0) is 30.9 Å². The van der Waals surface area contributed by atoms with E-state index in [9.17, 15) is 0 Å². The van der Waals surface area contributed by atoms with Crippen LogP contribution in [0.25, 0.3) is 0 Å². The van der Waals surface area contributed by atoms with E-state index in [1.807, 2.05) is 6.20 Å². The Balaban J connectivity index is 2.02. The van der Waals surface area contributed by atoms with Crippen LogP contribution in [0.4, 0.5) is 5.69 Å². The summed E-state index contributed by atoms with van der Waals surface area (Å²) >= 11 is 0. The van der Waals surface area contributed by atoms with Crippen molar-refractivity contribution in [2.75, 3.05) is 18.0 Å². The minimum absolute atomic E-state index is 0.527. The lowest BCUT2D eigenvalue weighted by atomic mass is 9.94. The Morgan fingerprint density at radius 2 is 2.19 bits per heavy atom. The molecule has 1 saturated heterocycles. The number of aromatic nitrogens is 1. The van der Waals surface area contributed by atoms with Crippen LogP contribution in [0.1, 0.15) is 31.9 Å². The summed E-state index contributed by atoms with van der Waals surface area (Å²) in [6.45, 7) is 5.16. The van der Waals surface area contributed by atoms with Crippen LogP contribution in [0, 0.1) is 5.92 Å². The molecule has 0 spiro atoms. The number of hydrogen-bond donors (Lipinski definition) is 1. The van der Waals surface area contributed by atoms with Crippen molar-refractivity contribution in [2.45, 2.75) is 32.7 Å². The van der Waals surface area contributed by atoms with Crippen LogP contribution in [-0.4, -0.2) is 18.1 Å². The van der Waals surface area contributed by atoms with E-state index in [-0.39, 0.29) is 0 Å². The van der Waals surface area contributed by atoms with Crippen LogP contribution in [0.3, 0.4) is 0 Å². The molecule has 3 heteroatoms. The minimum Gasteiger partial charge on any atom is -0.371 e. The van der Waals surface area contributed by atoms with Gasteiger partial charge >= 0.3 is 0 Å². The predicted molar refractivity (Wildman–Crippen MR) is 67.4 cm³/mol. The normalized spacial score (nSPS) is 17.8. The van der Waals surface area contributed by atoms with Crippen LogP contribution in [-0.2, 0) is 6.54 Å². The van der Waals surface area contributed by atoms with Gasteiger partial charge in [-0.15, -0.1) is 0 Å². The van der Waals surface area contributed by atoms with E-state index in [0.717, 1.165) is 11.6 Å². The second-order valence-corrected chi connectivity index (χ2v) is 4.55. The molecule has 0 radical (unpaired) electrons. The summed E-state index contributed by atoms with van der Waals surface area (Å²) in [4.78, 5) is 6.68. The van der Waals surface area contributed by atoms with Crippen LogP contribution in [0.15, 0.2) is 18.3 Å². The SMILES string of the molecule is CCC1CCN(c2ccnc(CN)c2)CC1. The number of nitrogens with two attached hydrogens (primary N) is 1. The van der Waals surface area contributed by atoms with Gasteiger partial charge in [0.1, 0.15) is 0 Å². The van der Waals surface area contributed by atoms with E-state index in [4.69, 9.17) is 5.73 Å². The van der Waals surface area contributed by atoms with Crippen LogP contribution >= 0.6 is 0 Å². The predicted octanol–water partition coefficient (Wildman–Crippen LogP) is 2.17. The third-order valence-electron chi connectivity index (χ3n) is 3.57. The Morgan fingerprint density at radius 3 is 2.81 bits per heavy atom.